The quantitative estimate of drug-likeness (QED) is 0.618. The number of hydrogen-bond donors (Lipinski definition) is 2. The summed E-state index contributed by atoms with van der Waals surface area (Å²) in [5.41, 5.74) is 1.97. The van der Waals surface area contributed by atoms with Crippen LogP contribution < -0.4 is 10.6 Å². The number of rotatable bonds is 8. The summed E-state index contributed by atoms with van der Waals surface area (Å²) in [5.74, 6) is 0.661. The number of aromatic nitrogens is 2. The number of ether oxygens (including phenoxy) is 1. The van der Waals surface area contributed by atoms with Gasteiger partial charge in [-0.05, 0) is 24.5 Å². The smallest absolute Gasteiger partial charge is 0.261 e. The lowest BCUT2D eigenvalue weighted by Crippen LogP contribution is -2.24. The monoisotopic (exact) mass is 384 g/mol. The number of anilines is 1. The van der Waals surface area contributed by atoms with Crippen molar-refractivity contribution in [3.63, 3.8) is 0 Å². The third-order valence-corrected chi connectivity index (χ3v) is 5.63. The van der Waals surface area contributed by atoms with Crippen LogP contribution >= 0.6 is 11.3 Å². The molecule has 27 heavy (non-hydrogen) atoms. The third-order valence-electron chi connectivity index (χ3n) is 4.43. The van der Waals surface area contributed by atoms with Crippen molar-refractivity contribution in [3.8, 4) is 0 Å². The zero-order valence-electron chi connectivity index (χ0n) is 15.8. The lowest BCUT2D eigenvalue weighted by molar-refractivity contribution is 0.0954. The number of fused-ring (bicyclic) bond motifs is 1. The van der Waals surface area contributed by atoms with Gasteiger partial charge in [0.05, 0.1) is 22.9 Å². The highest BCUT2D eigenvalue weighted by molar-refractivity contribution is 7.20. The Morgan fingerprint density at radius 2 is 2.04 bits per heavy atom. The Morgan fingerprint density at radius 3 is 2.74 bits per heavy atom. The first-order valence-electron chi connectivity index (χ1n) is 8.95. The number of nitrogens with one attached hydrogen (secondary N) is 2. The molecular formula is C20H24N4O2S. The molecule has 0 fully saturated rings. The first kappa shape index (κ1) is 19.3. The summed E-state index contributed by atoms with van der Waals surface area (Å²) in [6.07, 6.45) is 2.44. The van der Waals surface area contributed by atoms with E-state index < -0.39 is 0 Å². The average molecular weight is 385 g/mol. The predicted octanol–water partition coefficient (Wildman–Crippen LogP) is 3.77. The summed E-state index contributed by atoms with van der Waals surface area (Å²) in [6.45, 7) is 5.13. The highest BCUT2D eigenvalue weighted by atomic mass is 32.1. The number of hydrogen-bond acceptors (Lipinski definition) is 6. The van der Waals surface area contributed by atoms with E-state index in [0.29, 0.717) is 18.0 Å². The number of carbonyl (C=O) groups excluding carboxylic acids is 1. The molecule has 2 heterocycles. The van der Waals surface area contributed by atoms with Crippen LogP contribution in [0.1, 0.15) is 34.1 Å². The van der Waals surface area contributed by atoms with Crippen molar-refractivity contribution in [3.05, 3.63) is 52.7 Å². The molecule has 2 N–H and O–H groups in total. The molecule has 0 aliphatic rings. The predicted molar refractivity (Wildman–Crippen MR) is 109 cm³/mol. The number of benzene rings is 1. The molecule has 1 amide bonds. The Kier molecular flexibility index (Phi) is 6.36. The molecule has 142 valence electrons. The molecule has 7 heteroatoms. The number of carbonyl (C=O) groups is 1. The summed E-state index contributed by atoms with van der Waals surface area (Å²) >= 11 is 1.39. The van der Waals surface area contributed by atoms with E-state index in [2.05, 4.69) is 27.5 Å². The van der Waals surface area contributed by atoms with Crippen LogP contribution in [-0.2, 0) is 11.3 Å². The van der Waals surface area contributed by atoms with Crippen LogP contribution in [-0.4, -0.2) is 35.6 Å². The molecular weight excluding hydrogens is 360 g/mol. The van der Waals surface area contributed by atoms with Gasteiger partial charge in [-0.1, -0.05) is 37.3 Å². The first-order valence-corrected chi connectivity index (χ1v) is 9.77. The Morgan fingerprint density at radius 1 is 1.26 bits per heavy atom. The molecule has 0 spiro atoms. The van der Waals surface area contributed by atoms with Gasteiger partial charge in [-0.3, -0.25) is 4.79 Å². The molecule has 0 aliphatic heterocycles. The molecule has 3 rings (SSSR count). The Bertz CT molecular complexity index is 911. The van der Waals surface area contributed by atoms with Gasteiger partial charge in [-0.2, -0.15) is 0 Å². The van der Waals surface area contributed by atoms with Crippen LogP contribution in [0.15, 0.2) is 36.7 Å². The summed E-state index contributed by atoms with van der Waals surface area (Å²) in [6, 6.07) is 10.0. The summed E-state index contributed by atoms with van der Waals surface area (Å²) in [5, 5.41) is 7.32. The maximum atomic E-state index is 12.7. The Balaban J connectivity index is 1.84. The number of nitrogens with zero attached hydrogens (tertiary/aromatic N) is 2. The minimum Gasteiger partial charge on any atom is -0.383 e. The maximum absolute atomic E-state index is 12.7. The molecule has 0 unspecified atom stereocenters. The zero-order chi connectivity index (χ0) is 19.2. The van der Waals surface area contributed by atoms with Crippen molar-refractivity contribution < 1.29 is 9.53 Å². The van der Waals surface area contributed by atoms with E-state index in [1.165, 1.54) is 17.7 Å². The van der Waals surface area contributed by atoms with E-state index in [4.69, 9.17) is 4.74 Å². The second-order valence-corrected chi connectivity index (χ2v) is 7.33. The molecule has 0 saturated carbocycles. The molecule has 3 aromatic rings. The van der Waals surface area contributed by atoms with Gasteiger partial charge >= 0.3 is 0 Å². The summed E-state index contributed by atoms with van der Waals surface area (Å²) < 4.78 is 5.26. The molecule has 0 radical (unpaired) electrons. The lowest BCUT2D eigenvalue weighted by Gasteiger charge is -2.17. The molecule has 2 aromatic heterocycles. The summed E-state index contributed by atoms with van der Waals surface area (Å²) in [4.78, 5) is 22.9. The third kappa shape index (κ3) is 4.43. The topological polar surface area (TPSA) is 76.1 Å². The van der Waals surface area contributed by atoms with Crippen LogP contribution in [0.5, 0.6) is 0 Å². The van der Waals surface area contributed by atoms with Crippen molar-refractivity contribution >= 4 is 33.3 Å². The minimum atomic E-state index is -0.0887. The van der Waals surface area contributed by atoms with E-state index in [1.54, 1.807) is 7.11 Å². The van der Waals surface area contributed by atoms with Gasteiger partial charge in [0, 0.05) is 13.7 Å². The van der Waals surface area contributed by atoms with Gasteiger partial charge in [-0.15, -0.1) is 11.3 Å². The first-order chi connectivity index (χ1) is 13.1. The van der Waals surface area contributed by atoms with E-state index in [-0.39, 0.29) is 11.9 Å². The van der Waals surface area contributed by atoms with Crippen molar-refractivity contribution in [2.24, 2.45) is 0 Å². The van der Waals surface area contributed by atoms with Gasteiger partial charge in [0.1, 0.15) is 17.0 Å². The van der Waals surface area contributed by atoms with Gasteiger partial charge < -0.3 is 15.4 Å². The van der Waals surface area contributed by atoms with Crippen LogP contribution in [0, 0.1) is 6.92 Å². The summed E-state index contributed by atoms with van der Waals surface area (Å²) in [7, 11) is 1.69. The van der Waals surface area contributed by atoms with Crippen molar-refractivity contribution in [1.82, 2.24) is 15.3 Å². The van der Waals surface area contributed by atoms with E-state index in [1.807, 2.05) is 37.3 Å². The fourth-order valence-electron chi connectivity index (χ4n) is 2.91. The van der Waals surface area contributed by atoms with Crippen LogP contribution in [0.3, 0.4) is 0 Å². The molecule has 6 nitrogen and oxygen atoms in total. The second-order valence-electron chi connectivity index (χ2n) is 6.33. The van der Waals surface area contributed by atoms with E-state index >= 15 is 0 Å². The van der Waals surface area contributed by atoms with Crippen LogP contribution in [0.4, 0.5) is 5.82 Å². The van der Waals surface area contributed by atoms with Crippen LogP contribution in [0.25, 0.3) is 10.2 Å². The average Bonchev–Trinajstić information content (AvgIpc) is 3.04. The van der Waals surface area contributed by atoms with Gasteiger partial charge in [0.25, 0.3) is 5.91 Å². The molecule has 1 aromatic carbocycles. The number of amides is 1. The van der Waals surface area contributed by atoms with Crippen molar-refractivity contribution in [2.45, 2.75) is 32.9 Å². The highest BCUT2D eigenvalue weighted by Crippen LogP contribution is 2.33. The van der Waals surface area contributed by atoms with Crippen LogP contribution in [0.2, 0.25) is 0 Å². The number of aryl methyl sites for hydroxylation is 1. The maximum Gasteiger partial charge on any atom is 0.261 e. The molecule has 0 saturated heterocycles. The van der Waals surface area contributed by atoms with Crippen molar-refractivity contribution in [1.29, 1.82) is 0 Å². The van der Waals surface area contributed by atoms with Gasteiger partial charge in [-0.25, -0.2) is 9.97 Å². The lowest BCUT2D eigenvalue weighted by atomic mass is 10.1. The fourth-order valence-corrected chi connectivity index (χ4v) is 3.98. The van der Waals surface area contributed by atoms with E-state index in [0.717, 1.165) is 33.6 Å². The fraction of sp³-hybridized carbons (Fsp3) is 0.350. The van der Waals surface area contributed by atoms with Gasteiger partial charge in [0.15, 0.2) is 0 Å². The van der Waals surface area contributed by atoms with E-state index in [9.17, 15) is 4.79 Å². The molecule has 0 bridgehead atoms. The van der Waals surface area contributed by atoms with Gasteiger partial charge in [0.2, 0.25) is 0 Å². The standard InChI is InChI=1S/C20H24N4O2S/c1-4-15(11-26-3)24-18-16-13(2)17(27-20(16)23-12-22-18)19(25)21-10-14-8-6-5-7-9-14/h5-9,12,15H,4,10-11H2,1-3H3,(H,21,25)(H,22,23,24)/t15-/m1/s1. The Labute approximate surface area is 163 Å². The highest BCUT2D eigenvalue weighted by Gasteiger charge is 2.20. The van der Waals surface area contributed by atoms with Crippen molar-refractivity contribution in [2.75, 3.05) is 19.0 Å². The largest absolute Gasteiger partial charge is 0.383 e. The molecule has 1 atom stereocenters. The second kappa shape index (κ2) is 8.92. The SMILES string of the molecule is CC[C@H](COC)Nc1ncnc2sc(C(=O)NCc3ccccc3)c(C)c12. The minimum absolute atomic E-state index is 0.0887. The Hall–Kier alpha value is -2.51. The normalized spacial score (nSPS) is 12.1. The number of thiophene rings is 1. The molecule has 0 aliphatic carbocycles. The number of methoxy groups -OCH3 is 1. The zero-order valence-corrected chi connectivity index (χ0v) is 16.6.